The number of hydrogen-bond acceptors (Lipinski definition) is 4. The van der Waals surface area contributed by atoms with Crippen molar-refractivity contribution in [3.8, 4) is 0 Å². The minimum absolute atomic E-state index is 0.266. The molecule has 0 bridgehead atoms. The lowest BCUT2D eigenvalue weighted by molar-refractivity contribution is 0.0649. The fraction of sp³-hybridized carbons (Fsp3) is 0.636. The van der Waals surface area contributed by atoms with E-state index in [2.05, 4.69) is 31.2 Å². The third-order valence-corrected chi connectivity index (χ3v) is 3.66. The molecule has 1 aromatic heterocycles. The second-order valence-electron chi connectivity index (χ2n) is 4.11. The van der Waals surface area contributed by atoms with Gasteiger partial charge in [0.05, 0.1) is 4.47 Å². The summed E-state index contributed by atoms with van der Waals surface area (Å²) in [6, 6.07) is 0. The van der Waals surface area contributed by atoms with Crippen LogP contribution in [0.15, 0.2) is 10.7 Å². The van der Waals surface area contributed by atoms with Crippen molar-refractivity contribution in [1.82, 2.24) is 9.97 Å². The van der Waals surface area contributed by atoms with Crippen LogP contribution in [0.25, 0.3) is 0 Å². The molecule has 0 spiro atoms. The summed E-state index contributed by atoms with van der Waals surface area (Å²) < 4.78 is 6.17. The predicted octanol–water partition coefficient (Wildman–Crippen LogP) is 3.12. The molecule has 2 heterocycles. The van der Waals surface area contributed by atoms with E-state index in [1.54, 1.807) is 6.20 Å². The number of ether oxygens (including phenoxy) is 1. The molecule has 6 heteroatoms. The number of aromatic nitrogens is 2. The van der Waals surface area contributed by atoms with Crippen LogP contribution in [0.4, 0.5) is 5.82 Å². The van der Waals surface area contributed by atoms with E-state index in [-0.39, 0.29) is 5.28 Å². The Morgan fingerprint density at radius 3 is 3.00 bits per heavy atom. The Balaban J connectivity index is 1.79. The maximum absolute atomic E-state index is 5.74. The third-order valence-electron chi connectivity index (χ3n) is 2.90. The van der Waals surface area contributed by atoms with Gasteiger partial charge in [-0.25, -0.2) is 4.98 Å². The Kier molecular flexibility index (Phi) is 5.00. The van der Waals surface area contributed by atoms with Crippen LogP contribution < -0.4 is 5.32 Å². The summed E-state index contributed by atoms with van der Waals surface area (Å²) in [5.74, 6) is 1.52. The van der Waals surface area contributed by atoms with Gasteiger partial charge in [0.1, 0.15) is 5.82 Å². The normalized spacial score (nSPS) is 17.1. The van der Waals surface area contributed by atoms with Crippen LogP contribution in [-0.4, -0.2) is 29.7 Å². The van der Waals surface area contributed by atoms with E-state index in [1.807, 2.05) is 0 Å². The average molecular weight is 321 g/mol. The molecule has 1 N–H and O–H groups in total. The van der Waals surface area contributed by atoms with Gasteiger partial charge in [0, 0.05) is 26.0 Å². The lowest BCUT2D eigenvalue weighted by Crippen LogP contribution is -2.18. The lowest BCUT2D eigenvalue weighted by Gasteiger charge is -2.22. The van der Waals surface area contributed by atoms with Crippen molar-refractivity contribution < 1.29 is 4.74 Å². The second kappa shape index (κ2) is 6.52. The van der Waals surface area contributed by atoms with E-state index < -0.39 is 0 Å². The van der Waals surface area contributed by atoms with Gasteiger partial charge in [0.15, 0.2) is 0 Å². The van der Waals surface area contributed by atoms with Crippen LogP contribution in [0.2, 0.25) is 5.28 Å². The smallest absolute Gasteiger partial charge is 0.224 e. The van der Waals surface area contributed by atoms with Crippen molar-refractivity contribution in [2.75, 3.05) is 25.1 Å². The van der Waals surface area contributed by atoms with Crippen molar-refractivity contribution >= 4 is 33.3 Å². The fourth-order valence-electron chi connectivity index (χ4n) is 1.90. The van der Waals surface area contributed by atoms with Crippen LogP contribution in [0, 0.1) is 5.92 Å². The molecule has 0 saturated carbocycles. The maximum Gasteiger partial charge on any atom is 0.224 e. The Morgan fingerprint density at radius 2 is 2.24 bits per heavy atom. The summed E-state index contributed by atoms with van der Waals surface area (Å²) in [4.78, 5) is 8.02. The Bertz CT molecular complexity index is 372. The van der Waals surface area contributed by atoms with Gasteiger partial charge in [0.2, 0.25) is 5.28 Å². The molecule has 0 unspecified atom stereocenters. The molecule has 1 aliphatic rings. The minimum Gasteiger partial charge on any atom is -0.381 e. The number of rotatable bonds is 4. The van der Waals surface area contributed by atoms with Gasteiger partial charge in [-0.2, -0.15) is 4.98 Å². The standard InChI is InChI=1S/C11H15BrClN3O/c12-9-7-15-11(13)16-10(9)14-4-1-8-2-5-17-6-3-8/h7-8H,1-6H2,(H,14,15,16). The molecule has 0 aliphatic carbocycles. The van der Waals surface area contributed by atoms with Crippen molar-refractivity contribution in [3.05, 3.63) is 16.0 Å². The summed E-state index contributed by atoms with van der Waals surface area (Å²) >= 11 is 9.14. The molecule has 2 rings (SSSR count). The molecule has 0 radical (unpaired) electrons. The molecule has 1 aromatic rings. The highest BCUT2D eigenvalue weighted by molar-refractivity contribution is 9.10. The number of nitrogens with zero attached hydrogens (tertiary/aromatic N) is 2. The van der Waals surface area contributed by atoms with E-state index in [4.69, 9.17) is 16.3 Å². The third kappa shape index (κ3) is 4.08. The van der Waals surface area contributed by atoms with E-state index in [0.29, 0.717) is 0 Å². The molecular weight excluding hydrogens is 305 g/mol. The second-order valence-corrected chi connectivity index (χ2v) is 5.30. The predicted molar refractivity (Wildman–Crippen MR) is 71.4 cm³/mol. The van der Waals surface area contributed by atoms with Crippen LogP contribution in [0.3, 0.4) is 0 Å². The summed E-state index contributed by atoms with van der Waals surface area (Å²) in [6.45, 7) is 2.69. The minimum atomic E-state index is 0.266. The number of hydrogen-bond donors (Lipinski definition) is 1. The molecule has 0 amide bonds. The van der Waals surface area contributed by atoms with E-state index in [0.717, 1.165) is 55.2 Å². The Labute approximate surface area is 114 Å². The molecule has 94 valence electrons. The van der Waals surface area contributed by atoms with Gasteiger partial charge in [0.25, 0.3) is 0 Å². The zero-order chi connectivity index (χ0) is 12.1. The maximum atomic E-state index is 5.74. The number of nitrogens with one attached hydrogen (secondary N) is 1. The Hall–Kier alpha value is -0.390. The molecule has 17 heavy (non-hydrogen) atoms. The highest BCUT2D eigenvalue weighted by atomic mass is 79.9. The largest absolute Gasteiger partial charge is 0.381 e. The van der Waals surface area contributed by atoms with Gasteiger partial charge >= 0.3 is 0 Å². The summed E-state index contributed by atoms with van der Waals surface area (Å²) in [5.41, 5.74) is 0. The highest BCUT2D eigenvalue weighted by Crippen LogP contribution is 2.22. The number of anilines is 1. The van der Waals surface area contributed by atoms with Crippen molar-refractivity contribution in [2.45, 2.75) is 19.3 Å². The first kappa shape index (κ1) is 13.1. The topological polar surface area (TPSA) is 47.0 Å². The van der Waals surface area contributed by atoms with Gasteiger partial charge in [-0.05, 0) is 52.7 Å². The van der Waals surface area contributed by atoms with Crippen molar-refractivity contribution in [1.29, 1.82) is 0 Å². The summed E-state index contributed by atoms with van der Waals surface area (Å²) in [6.07, 6.45) is 5.12. The van der Waals surface area contributed by atoms with E-state index >= 15 is 0 Å². The van der Waals surface area contributed by atoms with Gasteiger partial charge in [-0.1, -0.05) is 0 Å². The van der Waals surface area contributed by atoms with Crippen LogP contribution in [0.5, 0.6) is 0 Å². The molecule has 0 atom stereocenters. The SMILES string of the molecule is Clc1ncc(Br)c(NCCC2CCOCC2)n1. The van der Waals surface area contributed by atoms with E-state index in [1.165, 1.54) is 0 Å². The molecule has 0 aromatic carbocycles. The molecule has 1 aliphatic heterocycles. The molecule has 4 nitrogen and oxygen atoms in total. The zero-order valence-corrected chi connectivity index (χ0v) is 11.8. The van der Waals surface area contributed by atoms with E-state index in [9.17, 15) is 0 Å². The van der Waals surface area contributed by atoms with Crippen LogP contribution >= 0.6 is 27.5 Å². The zero-order valence-electron chi connectivity index (χ0n) is 9.46. The number of halogens is 2. The van der Waals surface area contributed by atoms with Gasteiger partial charge < -0.3 is 10.1 Å². The highest BCUT2D eigenvalue weighted by Gasteiger charge is 2.13. The summed E-state index contributed by atoms with van der Waals surface area (Å²) in [5, 5.41) is 3.54. The first-order valence-corrected chi connectivity index (χ1v) is 6.92. The van der Waals surface area contributed by atoms with Crippen molar-refractivity contribution in [3.63, 3.8) is 0 Å². The van der Waals surface area contributed by atoms with Gasteiger partial charge in [-0.15, -0.1) is 0 Å². The summed E-state index contributed by atoms with van der Waals surface area (Å²) in [7, 11) is 0. The van der Waals surface area contributed by atoms with Gasteiger partial charge in [-0.3, -0.25) is 0 Å². The molecule has 1 saturated heterocycles. The van der Waals surface area contributed by atoms with Crippen LogP contribution in [0.1, 0.15) is 19.3 Å². The fourth-order valence-corrected chi connectivity index (χ4v) is 2.36. The first-order chi connectivity index (χ1) is 8.25. The quantitative estimate of drug-likeness (QED) is 0.866. The molecular formula is C11H15BrClN3O. The van der Waals surface area contributed by atoms with Crippen molar-refractivity contribution in [2.24, 2.45) is 5.92 Å². The lowest BCUT2D eigenvalue weighted by atomic mass is 9.97. The average Bonchev–Trinajstić information content (AvgIpc) is 2.35. The monoisotopic (exact) mass is 319 g/mol. The Morgan fingerprint density at radius 1 is 1.47 bits per heavy atom. The van der Waals surface area contributed by atoms with Crippen LogP contribution in [-0.2, 0) is 4.74 Å². The first-order valence-electron chi connectivity index (χ1n) is 5.75. The molecule has 1 fully saturated rings.